The van der Waals surface area contributed by atoms with E-state index in [1.165, 1.54) is 25.3 Å². The van der Waals surface area contributed by atoms with Gasteiger partial charge in [-0.3, -0.25) is 9.59 Å². The zero-order chi connectivity index (χ0) is 18.7. The second-order valence-electron chi connectivity index (χ2n) is 5.96. The van der Waals surface area contributed by atoms with Gasteiger partial charge in [0.25, 0.3) is 0 Å². The lowest BCUT2D eigenvalue weighted by molar-refractivity contribution is -0.117. The topological polar surface area (TPSA) is 58.6 Å². The second kappa shape index (κ2) is 7.74. The number of ether oxygens (including phenoxy) is 1. The number of nitrogens with one attached hydrogen (secondary N) is 1. The molecule has 5 nitrogen and oxygen atoms in total. The predicted octanol–water partition coefficient (Wildman–Crippen LogP) is 3.80. The normalized spacial score (nSPS) is 13.8. The second-order valence-corrected chi connectivity index (χ2v) is 6.37. The molecule has 2 aromatic rings. The summed E-state index contributed by atoms with van der Waals surface area (Å²) in [5.41, 5.74) is 1.32. The average molecular weight is 377 g/mol. The van der Waals surface area contributed by atoms with Gasteiger partial charge < -0.3 is 15.0 Å². The number of carbonyl (C=O) groups excluding carboxylic acids is 2. The largest absolute Gasteiger partial charge is 0.494 e. The maximum atomic E-state index is 13.8. The van der Waals surface area contributed by atoms with Crippen molar-refractivity contribution in [2.45, 2.75) is 19.3 Å². The molecule has 0 saturated carbocycles. The smallest absolute Gasteiger partial charge is 0.228 e. The molecule has 1 heterocycles. The van der Waals surface area contributed by atoms with Crippen LogP contribution in [0.1, 0.15) is 18.4 Å². The summed E-state index contributed by atoms with van der Waals surface area (Å²) in [5, 5.41) is 2.91. The van der Waals surface area contributed by atoms with Crippen LogP contribution in [-0.2, 0) is 16.0 Å². The molecule has 26 heavy (non-hydrogen) atoms. The summed E-state index contributed by atoms with van der Waals surface area (Å²) in [6.07, 6.45) is 1.15. The molecule has 1 N–H and O–H groups in total. The summed E-state index contributed by atoms with van der Waals surface area (Å²) >= 11 is 5.95. The van der Waals surface area contributed by atoms with E-state index in [0.29, 0.717) is 30.1 Å². The molecular weight excluding hydrogens is 359 g/mol. The summed E-state index contributed by atoms with van der Waals surface area (Å²) < 4.78 is 19.2. The molecular formula is C19H18ClFN2O3. The number of nitrogens with zero attached hydrogens (tertiary/aromatic N) is 1. The average Bonchev–Trinajstić information content (AvgIpc) is 3.04. The SMILES string of the molecule is COc1cc(NC(=O)Cc2c(F)cccc2Cl)ccc1N1CCCC1=O. The van der Waals surface area contributed by atoms with Crippen LogP contribution in [-0.4, -0.2) is 25.5 Å². The number of methoxy groups -OCH3 is 1. The molecule has 1 aliphatic rings. The molecule has 3 rings (SSSR count). The monoisotopic (exact) mass is 376 g/mol. The predicted molar refractivity (Wildman–Crippen MR) is 98.3 cm³/mol. The highest BCUT2D eigenvalue weighted by molar-refractivity contribution is 6.31. The number of halogens is 2. The molecule has 0 atom stereocenters. The van der Waals surface area contributed by atoms with Gasteiger partial charge in [-0.2, -0.15) is 0 Å². The summed E-state index contributed by atoms with van der Waals surface area (Å²) in [4.78, 5) is 25.8. The van der Waals surface area contributed by atoms with Gasteiger partial charge in [-0.15, -0.1) is 0 Å². The first-order chi connectivity index (χ1) is 12.5. The Morgan fingerprint density at radius 1 is 1.35 bits per heavy atom. The molecule has 1 fully saturated rings. The van der Waals surface area contributed by atoms with Crippen molar-refractivity contribution >= 4 is 34.8 Å². The first kappa shape index (κ1) is 18.2. The van der Waals surface area contributed by atoms with Crippen LogP contribution in [0.5, 0.6) is 5.75 Å². The van der Waals surface area contributed by atoms with Crippen LogP contribution in [0.2, 0.25) is 5.02 Å². The summed E-state index contributed by atoms with van der Waals surface area (Å²) in [6.45, 7) is 0.646. The number of carbonyl (C=O) groups is 2. The van der Waals surface area contributed by atoms with Crippen molar-refractivity contribution in [3.05, 3.63) is 52.8 Å². The van der Waals surface area contributed by atoms with Crippen molar-refractivity contribution in [1.29, 1.82) is 0 Å². The Bertz CT molecular complexity index is 836. The van der Waals surface area contributed by atoms with Crippen molar-refractivity contribution in [1.82, 2.24) is 0 Å². The Balaban J connectivity index is 1.75. The molecule has 0 aliphatic carbocycles. The number of benzene rings is 2. The van der Waals surface area contributed by atoms with Crippen LogP contribution in [0.25, 0.3) is 0 Å². The summed E-state index contributed by atoms with van der Waals surface area (Å²) in [6, 6.07) is 9.35. The van der Waals surface area contributed by atoms with Crippen LogP contribution < -0.4 is 15.0 Å². The molecule has 7 heteroatoms. The lowest BCUT2D eigenvalue weighted by Crippen LogP contribution is -2.24. The van der Waals surface area contributed by atoms with Crippen molar-refractivity contribution in [2.75, 3.05) is 23.9 Å². The fourth-order valence-corrected chi connectivity index (χ4v) is 3.18. The molecule has 0 aromatic heterocycles. The van der Waals surface area contributed by atoms with Crippen molar-refractivity contribution in [3.8, 4) is 5.75 Å². The number of hydrogen-bond acceptors (Lipinski definition) is 3. The third-order valence-corrected chi connectivity index (χ3v) is 4.58. The Labute approximate surface area is 155 Å². The molecule has 0 radical (unpaired) electrons. The van der Waals surface area contributed by atoms with Crippen LogP contribution in [0, 0.1) is 5.82 Å². The van der Waals surface area contributed by atoms with E-state index in [1.807, 2.05) is 0 Å². The van der Waals surface area contributed by atoms with Gasteiger partial charge in [0.1, 0.15) is 11.6 Å². The first-order valence-corrected chi connectivity index (χ1v) is 8.58. The van der Waals surface area contributed by atoms with E-state index < -0.39 is 11.7 Å². The van der Waals surface area contributed by atoms with E-state index in [0.717, 1.165) is 6.42 Å². The lowest BCUT2D eigenvalue weighted by atomic mass is 10.1. The first-order valence-electron chi connectivity index (χ1n) is 8.20. The van der Waals surface area contributed by atoms with Crippen LogP contribution in [0.15, 0.2) is 36.4 Å². The molecule has 1 aliphatic heterocycles. The van der Waals surface area contributed by atoms with Gasteiger partial charge >= 0.3 is 0 Å². The van der Waals surface area contributed by atoms with E-state index in [4.69, 9.17) is 16.3 Å². The minimum atomic E-state index is -0.520. The van der Waals surface area contributed by atoms with Gasteiger partial charge in [0.15, 0.2) is 0 Å². The number of hydrogen-bond donors (Lipinski definition) is 1. The Hall–Kier alpha value is -2.60. The fraction of sp³-hybridized carbons (Fsp3) is 0.263. The van der Waals surface area contributed by atoms with E-state index in [2.05, 4.69) is 5.32 Å². The third kappa shape index (κ3) is 3.80. The van der Waals surface area contributed by atoms with Crippen LogP contribution in [0.4, 0.5) is 15.8 Å². The standard InChI is InChI=1S/C19H18ClFN2O3/c1-26-17-10-12(7-8-16(17)23-9-3-6-19(23)25)22-18(24)11-13-14(20)4-2-5-15(13)21/h2,4-5,7-8,10H,3,6,9,11H2,1H3,(H,22,24). The highest BCUT2D eigenvalue weighted by Gasteiger charge is 2.24. The Morgan fingerprint density at radius 3 is 2.81 bits per heavy atom. The van der Waals surface area contributed by atoms with E-state index >= 15 is 0 Å². The van der Waals surface area contributed by atoms with Crippen LogP contribution in [0.3, 0.4) is 0 Å². The van der Waals surface area contributed by atoms with Crippen molar-refractivity contribution in [2.24, 2.45) is 0 Å². The molecule has 0 bridgehead atoms. The lowest BCUT2D eigenvalue weighted by Gasteiger charge is -2.19. The van der Waals surface area contributed by atoms with E-state index in [9.17, 15) is 14.0 Å². The van der Waals surface area contributed by atoms with Crippen molar-refractivity contribution < 1.29 is 18.7 Å². The minimum Gasteiger partial charge on any atom is -0.494 e. The summed E-state index contributed by atoms with van der Waals surface area (Å²) in [7, 11) is 1.50. The van der Waals surface area contributed by atoms with Gasteiger partial charge in [-0.05, 0) is 30.7 Å². The zero-order valence-electron chi connectivity index (χ0n) is 14.2. The molecule has 0 spiro atoms. The maximum Gasteiger partial charge on any atom is 0.228 e. The van der Waals surface area contributed by atoms with E-state index in [-0.39, 0.29) is 22.9 Å². The highest BCUT2D eigenvalue weighted by atomic mass is 35.5. The van der Waals surface area contributed by atoms with Gasteiger partial charge in [0.05, 0.1) is 19.2 Å². The van der Waals surface area contributed by atoms with Gasteiger partial charge in [-0.1, -0.05) is 17.7 Å². The number of rotatable bonds is 5. The molecule has 2 aromatic carbocycles. The molecule has 136 valence electrons. The fourth-order valence-electron chi connectivity index (χ4n) is 2.95. The van der Waals surface area contributed by atoms with E-state index in [1.54, 1.807) is 23.1 Å². The number of anilines is 2. The zero-order valence-corrected chi connectivity index (χ0v) is 15.0. The van der Waals surface area contributed by atoms with Gasteiger partial charge in [0, 0.05) is 35.3 Å². The quantitative estimate of drug-likeness (QED) is 0.863. The molecule has 1 saturated heterocycles. The summed E-state index contributed by atoms with van der Waals surface area (Å²) in [5.74, 6) is -0.381. The third-order valence-electron chi connectivity index (χ3n) is 4.23. The maximum absolute atomic E-state index is 13.8. The number of amides is 2. The van der Waals surface area contributed by atoms with Gasteiger partial charge in [0.2, 0.25) is 11.8 Å². The van der Waals surface area contributed by atoms with Crippen LogP contribution >= 0.6 is 11.6 Å². The molecule has 2 amide bonds. The van der Waals surface area contributed by atoms with Gasteiger partial charge in [-0.25, -0.2) is 4.39 Å². The molecule has 0 unspecified atom stereocenters. The van der Waals surface area contributed by atoms with Crippen molar-refractivity contribution in [3.63, 3.8) is 0 Å². The highest BCUT2D eigenvalue weighted by Crippen LogP contribution is 2.34. The Morgan fingerprint density at radius 2 is 2.15 bits per heavy atom. The Kier molecular flexibility index (Phi) is 5.42. The minimum absolute atomic E-state index is 0.0503.